The van der Waals surface area contributed by atoms with Crippen molar-refractivity contribution in [2.24, 2.45) is 5.92 Å². The minimum absolute atomic E-state index is 0.115. The maximum absolute atomic E-state index is 12.8. The van der Waals surface area contributed by atoms with E-state index in [4.69, 9.17) is 0 Å². The Morgan fingerprint density at radius 2 is 1.83 bits per heavy atom. The van der Waals surface area contributed by atoms with Gasteiger partial charge in [0, 0.05) is 17.9 Å². The predicted molar refractivity (Wildman–Crippen MR) is 122 cm³/mol. The molecule has 6 heteroatoms. The Morgan fingerprint density at radius 3 is 2.47 bits per heavy atom. The summed E-state index contributed by atoms with van der Waals surface area (Å²) in [6.45, 7) is 10.7. The van der Waals surface area contributed by atoms with E-state index < -0.39 is 0 Å². The number of nitrogens with zero attached hydrogens (tertiary/aromatic N) is 3. The molecule has 1 amide bonds. The molecular formula is C24H28N4OS. The van der Waals surface area contributed by atoms with Crippen LogP contribution in [0.25, 0.3) is 0 Å². The Kier molecular flexibility index (Phi) is 7.46. The van der Waals surface area contributed by atoms with Crippen LogP contribution in [0.2, 0.25) is 0 Å². The van der Waals surface area contributed by atoms with Gasteiger partial charge in [0.05, 0.1) is 6.04 Å². The van der Waals surface area contributed by atoms with Gasteiger partial charge in [0.1, 0.15) is 0 Å². The van der Waals surface area contributed by atoms with Gasteiger partial charge in [0.2, 0.25) is 0 Å². The third kappa shape index (κ3) is 5.39. The molecule has 2 aromatic carbocycles. The van der Waals surface area contributed by atoms with Gasteiger partial charge in [-0.3, -0.25) is 4.79 Å². The van der Waals surface area contributed by atoms with Crippen molar-refractivity contribution in [3.8, 4) is 0 Å². The number of carbonyl (C=O) groups excluding carboxylic acids is 1. The fraction of sp³-hybridized carbons (Fsp3) is 0.292. The molecule has 0 aliphatic rings. The summed E-state index contributed by atoms with van der Waals surface area (Å²) in [6.07, 6.45) is 1.83. The van der Waals surface area contributed by atoms with Crippen LogP contribution in [-0.4, -0.2) is 20.7 Å². The second-order valence-corrected chi connectivity index (χ2v) is 8.52. The van der Waals surface area contributed by atoms with Crippen molar-refractivity contribution in [3.05, 3.63) is 89.8 Å². The van der Waals surface area contributed by atoms with Crippen LogP contribution < -0.4 is 5.32 Å². The lowest BCUT2D eigenvalue weighted by atomic mass is 10.0. The van der Waals surface area contributed by atoms with Crippen molar-refractivity contribution in [2.45, 2.75) is 44.3 Å². The number of aryl methyl sites for hydroxylation is 1. The van der Waals surface area contributed by atoms with E-state index in [9.17, 15) is 4.79 Å². The molecule has 0 aliphatic carbocycles. The van der Waals surface area contributed by atoms with Crippen molar-refractivity contribution < 1.29 is 4.79 Å². The Morgan fingerprint density at radius 1 is 1.13 bits per heavy atom. The Balaban J connectivity index is 1.82. The van der Waals surface area contributed by atoms with Gasteiger partial charge >= 0.3 is 0 Å². The molecule has 1 N–H and O–H groups in total. The Bertz CT molecular complexity index is 980. The minimum Gasteiger partial charge on any atom is -0.342 e. The molecule has 3 rings (SSSR count). The zero-order valence-corrected chi connectivity index (χ0v) is 18.5. The lowest BCUT2D eigenvalue weighted by molar-refractivity contribution is 0.0922. The third-order valence-corrected chi connectivity index (χ3v) is 5.85. The number of hydrogen-bond donors (Lipinski definition) is 1. The first-order valence-corrected chi connectivity index (χ1v) is 11.1. The summed E-state index contributed by atoms with van der Waals surface area (Å²) >= 11 is 1.64. The van der Waals surface area contributed by atoms with Crippen LogP contribution in [-0.2, 0) is 12.3 Å². The fourth-order valence-electron chi connectivity index (χ4n) is 3.11. The molecule has 1 atom stereocenters. The largest absolute Gasteiger partial charge is 0.342 e. The molecule has 1 heterocycles. The summed E-state index contributed by atoms with van der Waals surface area (Å²) in [5, 5.41) is 12.8. The number of rotatable bonds is 9. The summed E-state index contributed by atoms with van der Waals surface area (Å²) in [4.78, 5) is 12.8. The van der Waals surface area contributed by atoms with Crippen LogP contribution in [0.5, 0.6) is 0 Å². The lowest BCUT2D eigenvalue weighted by Gasteiger charge is -2.22. The number of hydrogen-bond acceptors (Lipinski definition) is 4. The van der Waals surface area contributed by atoms with Gasteiger partial charge in [-0.2, -0.15) is 0 Å². The molecule has 30 heavy (non-hydrogen) atoms. The minimum atomic E-state index is -0.251. The van der Waals surface area contributed by atoms with Crippen LogP contribution in [0.1, 0.15) is 47.2 Å². The summed E-state index contributed by atoms with van der Waals surface area (Å²) in [6, 6.07) is 17.5. The molecule has 0 saturated carbocycles. The summed E-state index contributed by atoms with van der Waals surface area (Å²) in [7, 11) is 0. The maximum atomic E-state index is 12.8. The van der Waals surface area contributed by atoms with Crippen molar-refractivity contribution in [3.63, 3.8) is 0 Å². The van der Waals surface area contributed by atoms with Crippen LogP contribution >= 0.6 is 11.8 Å². The van der Waals surface area contributed by atoms with Crippen LogP contribution in [0, 0.1) is 12.8 Å². The Hall–Kier alpha value is -2.86. The third-order valence-electron chi connectivity index (χ3n) is 4.81. The average molecular weight is 421 g/mol. The molecular weight excluding hydrogens is 392 g/mol. The van der Waals surface area contributed by atoms with Crippen molar-refractivity contribution >= 4 is 17.7 Å². The fourth-order valence-corrected chi connectivity index (χ4v) is 4.02. The van der Waals surface area contributed by atoms with E-state index in [0.717, 1.165) is 16.7 Å². The second-order valence-electron chi connectivity index (χ2n) is 7.58. The molecule has 0 unspecified atom stereocenters. The van der Waals surface area contributed by atoms with E-state index in [1.54, 1.807) is 11.8 Å². The topological polar surface area (TPSA) is 59.8 Å². The molecule has 0 saturated heterocycles. The number of thioether (sulfide) groups is 1. The monoisotopic (exact) mass is 420 g/mol. The highest BCUT2D eigenvalue weighted by Crippen LogP contribution is 2.27. The molecule has 3 aromatic rings. The van der Waals surface area contributed by atoms with Gasteiger partial charge < -0.3 is 9.88 Å². The van der Waals surface area contributed by atoms with Crippen LogP contribution in [0.15, 0.2) is 72.4 Å². The molecule has 0 aliphatic heterocycles. The normalized spacial score (nSPS) is 12.0. The number of carbonyl (C=O) groups is 1. The van der Waals surface area contributed by atoms with E-state index >= 15 is 0 Å². The second kappa shape index (κ2) is 10.3. The molecule has 0 fully saturated rings. The highest BCUT2D eigenvalue weighted by molar-refractivity contribution is 7.98. The van der Waals surface area contributed by atoms with E-state index in [0.29, 0.717) is 12.1 Å². The van der Waals surface area contributed by atoms with Gasteiger partial charge in [-0.1, -0.05) is 79.7 Å². The highest BCUT2D eigenvalue weighted by atomic mass is 32.2. The predicted octanol–water partition coefficient (Wildman–Crippen LogP) is 5.19. The maximum Gasteiger partial charge on any atom is 0.251 e. The average Bonchev–Trinajstić information content (AvgIpc) is 3.14. The molecule has 0 radical (unpaired) electrons. The molecule has 1 aromatic heterocycles. The molecule has 156 valence electrons. The highest BCUT2D eigenvalue weighted by Gasteiger charge is 2.26. The van der Waals surface area contributed by atoms with Crippen LogP contribution in [0.4, 0.5) is 0 Å². The number of allylic oxidation sites excluding steroid dienone is 1. The Labute approximate surface area is 182 Å². The van der Waals surface area contributed by atoms with E-state index in [2.05, 4.69) is 67.1 Å². The lowest BCUT2D eigenvalue weighted by Crippen LogP contribution is -2.33. The quantitative estimate of drug-likeness (QED) is 0.382. The van der Waals surface area contributed by atoms with E-state index in [1.807, 2.05) is 41.0 Å². The number of nitrogens with one attached hydrogen (secondary N) is 1. The number of aromatic nitrogens is 3. The van der Waals surface area contributed by atoms with Gasteiger partial charge in [-0.15, -0.1) is 16.8 Å². The number of amides is 1. The first-order valence-electron chi connectivity index (χ1n) is 10.1. The van der Waals surface area contributed by atoms with Gasteiger partial charge in [-0.05, 0) is 30.5 Å². The summed E-state index contributed by atoms with van der Waals surface area (Å²) in [5.41, 5.74) is 3.11. The van der Waals surface area contributed by atoms with Gasteiger partial charge in [0.15, 0.2) is 11.0 Å². The van der Waals surface area contributed by atoms with Crippen molar-refractivity contribution in [2.75, 3.05) is 0 Å². The van der Waals surface area contributed by atoms with Gasteiger partial charge in [0.25, 0.3) is 5.91 Å². The smallest absolute Gasteiger partial charge is 0.251 e. The molecule has 0 bridgehead atoms. The van der Waals surface area contributed by atoms with Crippen molar-refractivity contribution in [1.82, 2.24) is 20.1 Å². The van der Waals surface area contributed by atoms with E-state index in [1.165, 1.54) is 11.1 Å². The molecule has 5 nitrogen and oxygen atoms in total. The first kappa shape index (κ1) is 21.8. The molecule has 0 spiro atoms. The summed E-state index contributed by atoms with van der Waals surface area (Å²) < 4.78 is 2.04. The van der Waals surface area contributed by atoms with E-state index in [-0.39, 0.29) is 17.9 Å². The standard InChI is InChI=1S/C24H28N4OS/c1-5-15-28-22(21(17(2)3)25-23(29)20-9-7-6-8-10-20)26-27-24(28)30-16-19-13-11-18(4)12-14-19/h5-14,17,21H,1,15-16H2,2-4H3,(H,25,29)/t21-/m0/s1. The first-order chi connectivity index (χ1) is 14.5. The van der Waals surface area contributed by atoms with Gasteiger partial charge in [-0.25, -0.2) is 0 Å². The zero-order chi connectivity index (χ0) is 21.5. The zero-order valence-electron chi connectivity index (χ0n) is 17.7. The van der Waals surface area contributed by atoms with Crippen LogP contribution in [0.3, 0.4) is 0 Å². The number of benzene rings is 2. The summed E-state index contributed by atoms with van der Waals surface area (Å²) in [5.74, 6) is 1.59. The SMILES string of the molecule is C=CCn1c(SCc2ccc(C)cc2)nnc1[C@@H](NC(=O)c1ccccc1)C(C)C. The van der Waals surface area contributed by atoms with Crippen molar-refractivity contribution in [1.29, 1.82) is 0 Å².